The van der Waals surface area contributed by atoms with Crippen molar-refractivity contribution in [2.45, 2.75) is 58.9 Å². The van der Waals surface area contributed by atoms with E-state index in [-0.39, 0.29) is 12.5 Å². The van der Waals surface area contributed by atoms with Gasteiger partial charge in [0.2, 0.25) is 0 Å². The Morgan fingerprint density at radius 1 is 1.26 bits per heavy atom. The van der Waals surface area contributed by atoms with Crippen molar-refractivity contribution in [2.75, 3.05) is 13.2 Å². The molecule has 1 aromatic heterocycles. The smallest absolute Gasteiger partial charge is 0.319 e. The summed E-state index contributed by atoms with van der Waals surface area (Å²) in [6.07, 6.45) is 3.91. The van der Waals surface area contributed by atoms with Gasteiger partial charge in [-0.2, -0.15) is 4.68 Å². The fourth-order valence-corrected chi connectivity index (χ4v) is 3.92. The third kappa shape index (κ3) is 4.35. The first-order valence-corrected chi connectivity index (χ1v) is 9.71. The van der Waals surface area contributed by atoms with Crippen LogP contribution in [0.5, 0.6) is 0 Å². The van der Waals surface area contributed by atoms with Gasteiger partial charge in [-0.15, -0.1) is 5.10 Å². The molecule has 0 radical (unpaired) electrons. The number of rotatable bonds is 6. The standard InChI is InChI=1S/C20H29N5O2/c1-5-27-18(26)13-21-20(8-6-14(2)7-9-20)19-22-23-24-25(19)17-11-15(3)10-16(4)12-17/h10-12,14,21H,5-9,13H2,1-4H3. The van der Waals surface area contributed by atoms with Gasteiger partial charge in [0.15, 0.2) is 5.82 Å². The molecule has 0 atom stereocenters. The maximum absolute atomic E-state index is 12.0. The van der Waals surface area contributed by atoms with Crippen LogP contribution in [0.2, 0.25) is 0 Å². The number of hydrogen-bond donors (Lipinski definition) is 1. The first-order chi connectivity index (χ1) is 12.9. The topological polar surface area (TPSA) is 81.9 Å². The second kappa shape index (κ2) is 8.17. The van der Waals surface area contributed by atoms with Crippen LogP contribution in [0.4, 0.5) is 0 Å². The molecular weight excluding hydrogens is 342 g/mol. The van der Waals surface area contributed by atoms with E-state index in [0.717, 1.165) is 48.3 Å². The van der Waals surface area contributed by atoms with E-state index in [4.69, 9.17) is 4.74 Å². The number of aromatic nitrogens is 4. The molecule has 27 heavy (non-hydrogen) atoms. The van der Waals surface area contributed by atoms with Gasteiger partial charge in [0, 0.05) is 0 Å². The molecule has 2 aromatic rings. The second-order valence-corrected chi connectivity index (χ2v) is 7.68. The molecule has 1 aliphatic rings. The molecule has 1 fully saturated rings. The summed E-state index contributed by atoms with van der Waals surface area (Å²) in [5.74, 6) is 1.18. The number of nitrogens with one attached hydrogen (secondary N) is 1. The highest BCUT2D eigenvalue weighted by atomic mass is 16.5. The Bertz CT molecular complexity index is 773. The summed E-state index contributed by atoms with van der Waals surface area (Å²) in [7, 11) is 0. The molecule has 146 valence electrons. The first-order valence-electron chi connectivity index (χ1n) is 9.71. The average molecular weight is 371 g/mol. The van der Waals surface area contributed by atoms with Crippen LogP contribution in [0.1, 0.15) is 56.5 Å². The molecule has 0 bridgehead atoms. The predicted molar refractivity (Wildman–Crippen MR) is 103 cm³/mol. The Hall–Kier alpha value is -2.28. The number of nitrogens with zero attached hydrogens (tertiary/aromatic N) is 4. The van der Waals surface area contributed by atoms with Gasteiger partial charge in [-0.25, -0.2) is 0 Å². The van der Waals surface area contributed by atoms with Gasteiger partial charge in [0.25, 0.3) is 0 Å². The largest absolute Gasteiger partial charge is 0.465 e. The molecule has 7 heteroatoms. The molecule has 1 saturated carbocycles. The number of benzene rings is 1. The minimum absolute atomic E-state index is 0.155. The first kappa shape index (κ1) is 19.5. The maximum atomic E-state index is 12.0. The van der Waals surface area contributed by atoms with Gasteiger partial charge in [-0.05, 0) is 86.1 Å². The van der Waals surface area contributed by atoms with Crippen LogP contribution in [0.15, 0.2) is 18.2 Å². The molecule has 0 saturated heterocycles. The fourth-order valence-electron chi connectivity index (χ4n) is 3.92. The number of aryl methyl sites for hydroxylation is 2. The molecule has 1 aromatic carbocycles. The minimum Gasteiger partial charge on any atom is -0.465 e. The number of tetrazole rings is 1. The van der Waals surface area contributed by atoms with E-state index in [0.29, 0.717) is 12.5 Å². The van der Waals surface area contributed by atoms with Gasteiger partial charge in [-0.3, -0.25) is 10.1 Å². The molecule has 1 heterocycles. The summed E-state index contributed by atoms with van der Waals surface area (Å²) < 4.78 is 6.92. The van der Waals surface area contributed by atoms with E-state index in [1.54, 1.807) is 0 Å². The highest BCUT2D eigenvalue weighted by Crippen LogP contribution is 2.39. The summed E-state index contributed by atoms with van der Waals surface area (Å²) >= 11 is 0. The van der Waals surface area contributed by atoms with Crippen molar-refractivity contribution in [3.63, 3.8) is 0 Å². The Morgan fingerprint density at radius 3 is 2.56 bits per heavy atom. The van der Waals surface area contributed by atoms with Crippen LogP contribution in [0.25, 0.3) is 5.69 Å². The Kier molecular flexibility index (Phi) is 5.89. The summed E-state index contributed by atoms with van der Waals surface area (Å²) in [5, 5.41) is 16.1. The zero-order valence-corrected chi connectivity index (χ0v) is 16.7. The molecule has 1 aliphatic carbocycles. The third-order valence-corrected chi connectivity index (χ3v) is 5.35. The minimum atomic E-state index is -0.430. The van der Waals surface area contributed by atoms with Crippen LogP contribution in [0, 0.1) is 19.8 Å². The summed E-state index contributed by atoms with van der Waals surface area (Å²) in [6.45, 7) is 8.75. The number of ether oxygens (including phenoxy) is 1. The van der Waals surface area contributed by atoms with Crippen LogP contribution < -0.4 is 5.32 Å². The van der Waals surface area contributed by atoms with Crippen molar-refractivity contribution in [1.82, 2.24) is 25.5 Å². The molecular formula is C20H29N5O2. The van der Waals surface area contributed by atoms with Crippen molar-refractivity contribution in [1.29, 1.82) is 0 Å². The van der Waals surface area contributed by atoms with E-state index < -0.39 is 5.54 Å². The molecule has 0 aliphatic heterocycles. The second-order valence-electron chi connectivity index (χ2n) is 7.68. The average Bonchev–Trinajstić information content (AvgIpc) is 3.12. The number of carbonyl (C=O) groups excluding carboxylic acids is 1. The molecule has 7 nitrogen and oxygen atoms in total. The van der Waals surface area contributed by atoms with Crippen molar-refractivity contribution in [3.05, 3.63) is 35.2 Å². The Morgan fingerprint density at radius 2 is 1.93 bits per heavy atom. The lowest BCUT2D eigenvalue weighted by Crippen LogP contribution is -2.49. The Labute approximate surface area is 160 Å². The van der Waals surface area contributed by atoms with Gasteiger partial charge in [-0.1, -0.05) is 13.0 Å². The van der Waals surface area contributed by atoms with Crippen LogP contribution >= 0.6 is 0 Å². The third-order valence-electron chi connectivity index (χ3n) is 5.35. The fraction of sp³-hybridized carbons (Fsp3) is 0.600. The van der Waals surface area contributed by atoms with Gasteiger partial charge < -0.3 is 4.74 Å². The van der Waals surface area contributed by atoms with E-state index in [1.807, 2.05) is 11.6 Å². The normalized spacial score (nSPS) is 22.6. The van der Waals surface area contributed by atoms with Gasteiger partial charge in [0.1, 0.15) is 0 Å². The van der Waals surface area contributed by atoms with Crippen molar-refractivity contribution >= 4 is 5.97 Å². The van der Waals surface area contributed by atoms with Crippen molar-refractivity contribution in [3.8, 4) is 5.69 Å². The lowest BCUT2D eigenvalue weighted by molar-refractivity contribution is -0.142. The highest BCUT2D eigenvalue weighted by molar-refractivity contribution is 5.71. The predicted octanol–water partition coefficient (Wildman–Crippen LogP) is 2.84. The monoisotopic (exact) mass is 371 g/mol. The summed E-state index contributed by atoms with van der Waals surface area (Å²) in [4.78, 5) is 12.0. The number of hydrogen-bond acceptors (Lipinski definition) is 6. The lowest BCUT2D eigenvalue weighted by Gasteiger charge is -2.38. The summed E-state index contributed by atoms with van der Waals surface area (Å²) in [5.41, 5.74) is 2.85. The molecule has 3 rings (SSSR count). The van der Waals surface area contributed by atoms with E-state index in [9.17, 15) is 4.79 Å². The van der Waals surface area contributed by atoms with E-state index in [1.165, 1.54) is 0 Å². The maximum Gasteiger partial charge on any atom is 0.319 e. The molecule has 1 N–H and O–H groups in total. The zero-order valence-electron chi connectivity index (χ0n) is 16.7. The molecule has 0 spiro atoms. The van der Waals surface area contributed by atoms with E-state index >= 15 is 0 Å². The number of esters is 1. The van der Waals surface area contributed by atoms with E-state index in [2.05, 4.69) is 59.8 Å². The zero-order chi connectivity index (χ0) is 19.4. The van der Waals surface area contributed by atoms with Crippen LogP contribution in [-0.4, -0.2) is 39.3 Å². The highest BCUT2D eigenvalue weighted by Gasteiger charge is 2.41. The lowest BCUT2D eigenvalue weighted by atomic mass is 9.76. The SMILES string of the molecule is CCOC(=O)CNC1(c2nnnn2-c2cc(C)cc(C)c2)CCC(C)CC1. The van der Waals surface area contributed by atoms with Crippen LogP contribution in [-0.2, 0) is 15.1 Å². The van der Waals surface area contributed by atoms with Gasteiger partial charge in [0.05, 0.1) is 24.4 Å². The quantitative estimate of drug-likeness (QED) is 0.787. The molecule has 0 amide bonds. The molecule has 0 unspecified atom stereocenters. The van der Waals surface area contributed by atoms with Crippen molar-refractivity contribution < 1.29 is 9.53 Å². The van der Waals surface area contributed by atoms with Crippen molar-refractivity contribution in [2.24, 2.45) is 5.92 Å². The Balaban J connectivity index is 1.96. The summed E-state index contributed by atoms with van der Waals surface area (Å²) in [6, 6.07) is 6.29. The number of carbonyl (C=O) groups is 1. The van der Waals surface area contributed by atoms with Gasteiger partial charge >= 0.3 is 5.97 Å². The van der Waals surface area contributed by atoms with Crippen LogP contribution in [0.3, 0.4) is 0 Å².